The molecule has 0 heterocycles. The molecule has 1 aromatic rings. The molecule has 0 N–H and O–H groups in total. The Morgan fingerprint density at radius 3 is 2.45 bits per heavy atom. The monoisotopic (exact) mass is 279 g/mol. The number of hydrogen-bond donors (Lipinski definition) is 0. The number of carbonyl (C=O) groups excluding carboxylic acids is 1. The largest absolute Gasteiger partial charge is 0.444 e. The molecule has 0 saturated heterocycles. The van der Waals surface area contributed by atoms with Crippen LogP contribution in [0.5, 0.6) is 0 Å². The Labute approximate surface area is 121 Å². The third kappa shape index (κ3) is 7.14. The Hall–Kier alpha value is -1.55. The first-order valence-electron chi connectivity index (χ1n) is 6.94. The van der Waals surface area contributed by atoms with Crippen LogP contribution >= 0.6 is 0 Å². The van der Waals surface area contributed by atoms with Gasteiger partial charge in [0.1, 0.15) is 5.60 Å². The maximum Gasteiger partial charge on any atom is 0.410 e. The lowest BCUT2D eigenvalue weighted by Crippen LogP contribution is -2.35. The summed E-state index contributed by atoms with van der Waals surface area (Å²) in [6.07, 6.45) is 0.503. The standard InChI is InChI=1S/C16H25NO3/c1-16(2,3)20-15(18)17(4)11-8-12-19-13-14-9-6-5-7-10-14/h5-7,9-10H,8,11-13H2,1-4H3. The molecular weight excluding hydrogens is 254 g/mol. The second-order valence-corrected chi connectivity index (χ2v) is 5.79. The minimum Gasteiger partial charge on any atom is -0.444 e. The van der Waals surface area contributed by atoms with Gasteiger partial charge in [0, 0.05) is 20.2 Å². The smallest absolute Gasteiger partial charge is 0.410 e. The molecule has 0 bridgehead atoms. The van der Waals surface area contributed by atoms with Gasteiger partial charge in [0.05, 0.1) is 6.61 Å². The summed E-state index contributed by atoms with van der Waals surface area (Å²) in [7, 11) is 1.74. The van der Waals surface area contributed by atoms with Crippen LogP contribution in [0.1, 0.15) is 32.8 Å². The molecule has 20 heavy (non-hydrogen) atoms. The van der Waals surface area contributed by atoms with Gasteiger partial charge in [0.2, 0.25) is 0 Å². The van der Waals surface area contributed by atoms with Crippen LogP contribution in [0.3, 0.4) is 0 Å². The van der Waals surface area contributed by atoms with E-state index in [-0.39, 0.29) is 6.09 Å². The van der Waals surface area contributed by atoms with E-state index in [0.717, 1.165) is 12.0 Å². The van der Waals surface area contributed by atoms with E-state index in [2.05, 4.69) is 0 Å². The molecule has 0 fully saturated rings. The molecule has 1 rings (SSSR count). The topological polar surface area (TPSA) is 38.8 Å². The number of amides is 1. The molecule has 0 aliphatic carbocycles. The zero-order chi connectivity index (χ0) is 15.0. The number of benzene rings is 1. The Morgan fingerprint density at radius 1 is 1.20 bits per heavy atom. The molecule has 4 heteroatoms. The number of nitrogens with zero attached hydrogens (tertiary/aromatic N) is 1. The number of ether oxygens (including phenoxy) is 2. The highest BCUT2D eigenvalue weighted by atomic mass is 16.6. The molecule has 0 spiro atoms. The Bertz CT molecular complexity index is 398. The molecule has 112 valence electrons. The van der Waals surface area contributed by atoms with E-state index in [4.69, 9.17) is 9.47 Å². The van der Waals surface area contributed by atoms with E-state index in [1.807, 2.05) is 51.1 Å². The van der Waals surface area contributed by atoms with Crippen LogP contribution in [0.25, 0.3) is 0 Å². The van der Waals surface area contributed by atoms with Gasteiger partial charge in [-0.15, -0.1) is 0 Å². The first-order valence-corrected chi connectivity index (χ1v) is 6.94. The quantitative estimate of drug-likeness (QED) is 0.749. The molecule has 0 aliphatic rings. The Balaban J connectivity index is 2.13. The molecule has 1 aromatic carbocycles. The van der Waals surface area contributed by atoms with Gasteiger partial charge in [-0.1, -0.05) is 30.3 Å². The molecule has 4 nitrogen and oxygen atoms in total. The van der Waals surface area contributed by atoms with Crippen molar-refractivity contribution in [3.8, 4) is 0 Å². The predicted molar refractivity (Wildman–Crippen MR) is 79.6 cm³/mol. The summed E-state index contributed by atoms with van der Waals surface area (Å²) in [6, 6.07) is 10.0. The number of carbonyl (C=O) groups is 1. The minimum atomic E-state index is -0.449. The van der Waals surface area contributed by atoms with Gasteiger partial charge in [-0.2, -0.15) is 0 Å². The van der Waals surface area contributed by atoms with E-state index < -0.39 is 5.60 Å². The lowest BCUT2D eigenvalue weighted by Gasteiger charge is -2.24. The summed E-state index contributed by atoms with van der Waals surface area (Å²) in [4.78, 5) is 13.3. The zero-order valence-corrected chi connectivity index (χ0v) is 12.9. The van der Waals surface area contributed by atoms with Gasteiger partial charge in [0.25, 0.3) is 0 Å². The molecular formula is C16H25NO3. The van der Waals surface area contributed by atoms with Crippen LogP contribution in [0.2, 0.25) is 0 Å². The Morgan fingerprint density at radius 2 is 1.85 bits per heavy atom. The molecule has 0 atom stereocenters. The second kappa shape index (κ2) is 7.90. The van der Waals surface area contributed by atoms with Crippen molar-refractivity contribution in [3.63, 3.8) is 0 Å². The van der Waals surface area contributed by atoms with Crippen LogP contribution in [0, 0.1) is 0 Å². The first-order chi connectivity index (χ1) is 9.38. The highest BCUT2D eigenvalue weighted by Crippen LogP contribution is 2.09. The van der Waals surface area contributed by atoms with Crippen LogP contribution in [0.15, 0.2) is 30.3 Å². The van der Waals surface area contributed by atoms with Gasteiger partial charge in [0.15, 0.2) is 0 Å². The van der Waals surface area contributed by atoms with Gasteiger partial charge >= 0.3 is 6.09 Å². The molecule has 0 unspecified atom stereocenters. The molecule has 0 aromatic heterocycles. The van der Waals surface area contributed by atoms with Crippen LogP contribution in [-0.2, 0) is 16.1 Å². The molecule has 1 amide bonds. The van der Waals surface area contributed by atoms with Crippen LogP contribution in [0.4, 0.5) is 4.79 Å². The SMILES string of the molecule is CN(CCCOCc1ccccc1)C(=O)OC(C)(C)C. The van der Waals surface area contributed by atoms with E-state index in [1.54, 1.807) is 11.9 Å². The van der Waals surface area contributed by atoms with Crippen molar-refractivity contribution >= 4 is 6.09 Å². The lowest BCUT2D eigenvalue weighted by atomic mass is 10.2. The summed E-state index contributed by atoms with van der Waals surface area (Å²) in [6.45, 7) is 7.45. The number of hydrogen-bond acceptors (Lipinski definition) is 3. The molecule has 0 saturated carbocycles. The lowest BCUT2D eigenvalue weighted by molar-refractivity contribution is 0.0276. The van der Waals surface area contributed by atoms with Crippen LogP contribution in [-0.4, -0.2) is 36.8 Å². The van der Waals surface area contributed by atoms with Crippen molar-refractivity contribution in [3.05, 3.63) is 35.9 Å². The first kappa shape index (κ1) is 16.5. The highest BCUT2D eigenvalue weighted by molar-refractivity contribution is 5.67. The van der Waals surface area contributed by atoms with E-state index in [0.29, 0.717) is 19.8 Å². The summed E-state index contributed by atoms with van der Waals surface area (Å²) in [5.41, 5.74) is 0.711. The maximum absolute atomic E-state index is 11.7. The average molecular weight is 279 g/mol. The van der Waals surface area contributed by atoms with E-state index in [9.17, 15) is 4.79 Å². The normalized spacial score (nSPS) is 11.2. The van der Waals surface area contributed by atoms with Crippen molar-refractivity contribution in [1.29, 1.82) is 0 Å². The predicted octanol–water partition coefficient (Wildman–Crippen LogP) is 3.46. The van der Waals surface area contributed by atoms with Crippen molar-refractivity contribution in [2.24, 2.45) is 0 Å². The summed E-state index contributed by atoms with van der Waals surface area (Å²) < 4.78 is 10.8. The van der Waals surface area contributed by atoms with Gasteiger partial charge in [-0.05, 0) is 32.8 Å². The minimum absolute atomic E-state index is 0.291. The van der Waals surface area contributed by atoms with Gasteiger partial charge in [-0.3, -0.25) is 0 Å². The Kier molecular flexibility index (Phi) is 6.52. The average Bonchev–Trinajstić information content (AvgIpc) is 2.37. The summed E-state index contributed by atoms with van der Waals surface area (Å²) in [5.74, 6) is 0. The van der Waals surface area contributed by atoms with E-state index in [1.165, 1.54) is 0 Å². The molecule has 0 radical (unpaired) electrons. The third-order valence-electron chi connectivity index (χ3n) is 2.60. The second-order valence-electron chi connectivity index (χ2n) is 5.79. The van der Waals surface area contributed by atoms with Crippen molar-refractivity contribution in [2.45, 2.75) is 39.4 Å². The summed E-state index contributed by atoms with van der Waals surface area (Å²) in [5, 5.41) is 0. The fraction of sp³-hybridized carbons (Fsp3) is 0.562. The summed E-state index contributed by atoms with van der Waals surface area (Å²) >= 11 is 0. The van der Waals surface area contributed by atoms with Crippen molar-refractivity contribution in [2.75, 3.05) is 20.2 Å². The maximum atomic E-state index is 11.7. The van der Waals surface area contributed by atoms with Crippen molar-refractivity contribution < 1.29 is 14.3 Å². The third-order valence-corrected chi connectivity index (χ3v) is 2.60. The fourth-order valence-corrected chi connectivity index (χ4v) is 1.60. The zero-order valence-electron chi connectivity index (χ0n) is 12.9. The van der Waals surface area contributed by atoms with Gasteiger partial charge < -0.3 is 14.4 Å². The number of rotatable bonds is 6. The molecule has 0 aliphatic heterocycles. The highest BCUT2D eigenvalue weighted by Gasteiger charge is 2.18. The van der Waals surface area contributed by atoms with Gasteiger partial charge in [-0.25, -0.2) is 4.79 Å². The fourth-order valence-electron chi connectivity index (χ4n) is 1.60. The van der Waals surface area contributed by atoms with E-state index >= 15 is 0 Å². The van der Waals surface area contributed by atoms with Crippen LogP contribution < -0.4 is 0 Å². The van der Waals surface area contributed by atoms with Crippen molar-refractivity contribution in [1.82, 2.24) is 4.90 Å².